The highest BCUT2D eigenvalue weighted by molar-refractivity contribution is 6.25. The Morgan fingerprint density at radius 2 is 1.15 bits per heavy atom. The van der Waals surface area contributed by atoms with Gasteiger partial charge in [0.1, 0.15) is 0 Å². The van der Waals surface area contributed by atoms with Crippen LogP contribution >= 0.6 is 0 Å². The maximum Gasteiger partial charge on any atom is 0.0736 e. The summed E-state index contributed by atoms with van der Waals surface area (Å²) in [5.41, 5.74) is 18.5. The van der Waals surface area contributed by atoms with Gasteiger partial charge < -0.3 is 5.73 Å². The minimum Gasteiger partial charge on any atom is -0.398 e. The van der Waals surface area contributed by atoms with E-state index in [4.69, 9.17) is 15.7 Å². The Bertz CT molecular complexity index is 2650. The third-order valence-electron chi connectivity index (χ3n) is 10.2. The summed E-state index contributed by atoms with van der Waals surface area (Å²) in [5.74, 6) is 0. The maximum atomic E-state index is 6.82. The number of aliphatic imine (C=N–C) groups is 2. The highest BCUT2D eigenvalue weighted by Gasteiger charge is 2.13. The van der Waals surface area contributed by atoms with Gasteiger partial charge in [0.15, 0.2) is 0 Å². The van der Waals surface area contributed by atoms with Crippen LogP contribution in [0, 0.1) is 0 Å². The van der Waals surface area contributed by atoms with Gasteiger partial charge in [-0.1, -0.05) is 158 Å². The van der Waals surface area contributed by atoms with Gasteiger partial charge in [0.25, 0.3) is 0 Å². The molecule has 1 heterocycles. The first-order valence-corrected chi connectivity index (χ1v) is 17.9. The molecule has 0 aliphatic carbocycles. The molecule has 0 aromatic heterocycles. The minimum absolute atomic E-state index is 0.561. The highest BCUT2D eigenvalue weighted by Crippen LogP contribution is 2.38. The molecule has 0 amide bonds. The number of hydrogen-bond acceptors (Lipinski definition) is 3. The third-order valence-corrected chi connectivity index (χ3v) is 10.2. The molecular formula is C49H37N3. The number of hydrogen-bond donors (Lipinski definition) is 1. The minimum atomic E-state index is 0.561. The van der Waals surface area contributed by atoms with Crippen LogP contribution < -0.4 is 5.73 Å². The number of allylic oxidation sites excluding steroid dienone is 1. The zero-order valence-corrected chi connectivity index (χ0v) is 28.8. The Hall–Kier alpha value is -6.58. The molecule has 8 aromatic carbocycles. The molecule has 0 fully saturated rings. The number of nitrogens with zero attached hydrogens (tertiary/aromatic N) is 2. The normalized spacial score (nSPS) is 13.2. The Balaban J connectivity index is 1.06. The molecule has 1 aliphatic rings. The molecule has 3 heteroatoms. The topological polar surface area (TPSA) is 50.7 Å². The summed E-state index contributed by atoms with van der Waals surface area (Å²) in [6.45, 7) is 0.561. The lowest BCUT2D eigenvalue weighted by Crippen LogP contribution is -2.04. The standard InChI is InChI=1S/C49H37N3/c50-47(36-23-21-35(22-24-36)40-18-8-12-38-13-9-29-51-49(38)40)31-48(52-32-33-10-2-1-3-11-33)37-25-19-34(20-26-37)39-27-28-45-43-16-5-4-14-41(43)42-15-6-7-17-44(42)46(45)30-39/h1-8,10-12,14-31H,9,13,32,50H2/b47-31-,52-48?. The lowest BCUT2D eigenvalue weighted by atomic mass is 9.92. The fourth-order valence-corrected chi connectivity index (χ4v) is 7.53. The second kappa shape index (κ2) is 13.6. The van der Waals surface area contributed by atoms with Gasteiger partial charge in [-0.25, -0.2) is 0 Å². The van der Waals surface area contributed by atoms with Gasteiger partial charge >= 0.3 is 0 Å². The van der Waals surface area contributed by atoms with Crippen LogP contribution in [-0.4, -0.2) is 11.9 Å². The Kier molecular flexibility index (Phi) is 8.22. The molecule has 0 bridgehead atoms. The predicted octanol–water partition coefficient (Wildman–Crippen LogP) is 12.1. The Morgan fingerprint density at radius 3 is 1.87 bits per heavy atom. The highest BCUT2D eigenvalue weighted by atomic mass is 14.7. The van der Waals surface area contributed by atoms with Crippen LogP contribution in [0.1, 0.15) is 28.7 Å². The number of nitrogens with two attached hydrogens (primary N) is 1. The molecule has 0 saturated heterocycles. The average molecular weight is 668 g/mol. The number of fused-ring (bicyclic) bond motifs is 7. The van der Waals surface area contributed by atoms with Crippen LogP contribution in [0.4, 0.5) is 5.69 Å². The first-order valence-electron chi connectivity index (χ1n) is 17.9. The van der Waals surface area contributed by atoms with Crippen molar-refractivity contribution in [3.05, 3.63) is 192 Å². The Morgan fingerprint density at radius 1 is 0.558 bits per heavy atom. The SMILES string of the molecule is N/C(=C\C(=NCc1ccccc1)c1ccc(-c2ccc3c4ccccc4c4ccccc4c3c2)cc1)c1ccc(-c2cccc3c2N=CCC3)cc1. The summed E-state index contributed by atoms with van der Waals surface area (Å²) in [7, 11) is 0. The van der Waals surface area contributed by atoms with Crippen molar-refractivity contribution in [1.29, 1.82) is 0 Å². The van der Waals surface area contributed by atoms with E-state index in [0.29, 0.717) is 12.2 Å². The maximum absolute atomic E-state index is 6.82. The molecule has 0 unspecified atom stereocenters. The van der Waals surface area contributed by atoms with Crippen molar-refractivity contribution in [2.75, 3.05) is 0 Å². The van der Waals surface area contributed by atoms with Crippen LogP contribution in [0.3, 0.4) is 0 Å². The summed E-state index contributed by atoms with van der Waals surface area (Å²) < 4.78 is 0. The van der Waals surface area contributed by atoms with Crippen molar-refractivity contribution in [2.24, 2.45) is 15.7 Å². The summed E-state index contributed by atoms with van der Waals surface area (Å²) >= 11 is 0. The summed E-state index contributed by atoms with van der Waals surface area (Å²) in [6, 6.07) is 58.3. The van der Waals surface area contributed by atoms with Gasteiger partial charge in [-0.15, -0.1) is 0 Å². The molecule has 0 radical (unpaired) electrons. The van der Waals surface area contributed by atoms with E-state index in [-0.39, 0.29) is 0 Å². The summed E-state index contributed by atoms with van der Waals surface area (Å²) in [4.78, 5) is 9.82. The second-order valence-corrected chi connectivity index (χ2v) is 13.5. The molecule has 248 valence electrons. The lowest BCUT2D eigenvalue weighted by Gasteiger charge is -2.14. The number of rotatable bonds is 7. The van der Waals surface area contributed by atoms with Gasteiger partial charge in [0.05, 0.1) is 17.9 Å². The summed E-state index contributed by atoms with van der Waals surface area (Å²) in [5, 5.41) is 7.67. The number of para-hydroxylation sites is 1. The molecule has 9 rings (SSSR count). The quantitative estimate of drug-likeness (QED) is 0.133. The van der Waals surface area contributed by atoms with Crippen molar-refractivity contribution < 1.29 is 0 Å². The van der Waals surface area contributed by atoms with Gasteiger partial charge in [-0.3, -0.25) is 9.98 Å². The summed E-state index contributed by atoms with van der Waals surface area (Å²) in [6.07, 6.45) is 6.05. The smallest absolute Gasteiger partial charge is 0.0736 e. The zero-order chi connectivity index (χ0) is 34.9. The fraction of sp³-hybridized carbons (Fsp3) is 0.0612. The third kappa shape index (κ3) is 5.97. The van der Waals surface area contributed by atoms with E-state index < -0.39 is 0 Å². The largest absolute Gasteiger partial charge is 0.398 e. The van der Waals surface area contributed by atoms with E-state index in [2.05, 4.69) is 158 Å². The van der Waals surface area contributed by atoms with Gasteiger partial charge in [-0.2, -0.15) is 0 Å². The lowest BCUT2D eigenvalue weighted by molar-refractivity contribution is 1.03. The van der Waals surface area contributed by atoms with E-state index in [1.54, 1.807) is 0 Å². The number of aryl methyl sites for hydroxylation is 1. The molecule has 2 N–H and O–H groups in total. The zero-order valence-electron chi connectivity index (χ0n) is 28.8. The van der Waals surface area contributed by atoms with Gasteiger partial charge in [0, 0.05) is 17.5 Å². The Labute approximate surface area is 304 Å². The average Bonchev–Trinajstić information content (AvgIpc) is 3.22. The molecule has 3 nitrogen and oxygen atoms in total. The van der Waals surface area contributed by atoms with E-state index in [1.165, 1.54) is 43.4 Å². The predicted molar refractivity (Wildman–Crippen MR) is 222 cm³/mol. The van der Waals surface area contributed by atoms with Crippen LogP contribution in [-0.2, 0) is 13.0 Å². The molecule has 0 spiro atoms. The van der Waals surface area contributed by atoms with Crippen LogP contribution in [0.5, 0.6) is 0 Å². The first-order chi connectivity index (χ1) is 25.7. The van der Waals surface area contributed by atoms with E-state index >= 15 is 0 Å². The van der Waals surface area contributed by atoms with Crippen molar-refractivity contribution in [2.45, 2.75) is 19.4 Å². The molecule has 0 atom stereocenters. The molecular weight excluding hydrogens is 631 g/mol. The van der Waals surface area contributed by atoms with E-state index in [0.717, 1.165) is 57.6 Å². The van der Waals surface area contributed by atoms with Crippen LogP contribution in [0.25, 0.3) is 60.3 Å². The molecule has 8 aromatic rings. The van der Waals surface area contributed by atoms with E-state index in [1.807, 2.05) is 18.4 Å². The molecule has 1 aliphatic heterocycles. The molecule has 52 heavy (non-hydrogen) atoms. The van der Waals surface area contributed by atoms with Gasteiger partial charge in [0.2, 0.25) is 0 Å². The van der Waals surface area contributed by atoms with Crippen molar-refractivity contribution in [3.8, 4) is 22.3 Å². The molecule has 0 saturated carbocycles. The van der Waals surface area contributed by atoms with E-state index in [9.17, 15) is 0 Å². The van der Waals surface area contributed by atoms with Gasteiger partial charge in [-0.05, 0) is 96.2 Å². The second-order valence-electron chi connectivity index (χ2n) is 13.5. The first kappa shape index (κ1) is 31.4. The fourth-order valence-electron chi connectivity index (χ4n) is 7.53. The number of benzene rings is 8. The van der Waals surface area contributed by atoms with Crippen molar-refractivity contribution in [3.63, 3.8) is 0 Å². The van der Waals surface area contributed by atoms with Crippen molar-refractivity contribution >= 4 is 55.6 Å². The van der Waals surface area contributed by atoms with Crippen molar-refractivity contribution in [1.82, 2.24) is 0 Å². The monoisotopic (exact) mass is 667 g/mol. The van der Waals surface area contributed by atoms with Crippen LogP contribution in [0.2, 0.25) is 0 Å². The van der Waals surface area contributed by atoms with Crippen LogP contribution in [0.15, 0.2) is 180 Å².